The summed E-state index contributed by atoms with van der Waals surface area (Å²) in [7, 11) is 18.6. The zero-order chi connectivity index (χ0) is 17.3. The molecule has 0 aliphatic rings. The van der Waals surface area contributed by atoms with Crippen LogP contribution in [0.5, 0.6) is 0 Å². The Morgan fingerprint density at radius 2 is 1.09 bits per heavy atom. The van der Waals surface area contributed by atoms with E-state index in [1.54, 1.807) is 0 Å². The average Bonchev–Trinajstić information content (AvgIpc) is 2.50. The Kier molecular flexibility index (Phi) is 19.0. The van der Waals surface area contributed by atoms with Crippen LogP contribution in [0, 0.1) is 0 Å². The molecule has 0 radical (unpaired) electrons. The summed E-state index contributed by atoms with van der Waals surface area (Å²) >= 11 is 0. The Balaban J connectivity index is 3.73. The molecule has 140 valence electrons. The normalized spacial score (nSPS) is 12.0. The first-order chi connectivity index (χ1) is 11.1. The summed E-state index contributed by atoms with van der Waals surface area (Å²) < 4.78 is 0. The van der Waals surface area contributed by atoms with Crippen molar-refractivity contribution in [3.8, 4) is 0 Å². The Morgan fingerprint density at radius 3 is 1.57 bits per heavy atom. The molecule has 0 aromatic carbocycles. The van der Waals surface area contributed by atoms with Crippen LogP contribution in [0.1, 0.15) is 0 Å². The fraction of sp³-hybridized carbons (Fsp3) is 1.00. The van der Waals surface area contributed by atoms with Crippen LogP contribution in [0.3, 0.4) is 0 Å². The van der Waals surface area contributed by atoms with Gasteiger partial charge in [0.25, 0.3) is 0 Å². The van der Waals surface area contributed by atoms with E-state index in [0.717, 1.165) is 13.1 Å². The van der Waals surface area contributed by atoms with Crippen molar-refractivity contribution in [2.75, 3.05) is 97.5 Å². The summed E-state index contributed by atoms with van der Waals surface area (Å²) in [4.78, 5) is 7.14. The van der Waals surface area contributed by atoms with E-state index in [1.807, 2.05) is 50.2 Å². The molecule has 0 aromatic rings. The monoisotopic (exact) mass is 400 g/mol. The lowest BCUT2D eigenvalue weighted by Crippen LogP contribution is -2.34. The number of nitrogens with zero attached hydrogens (tertiary/aromatic N) is 3. The predicted octanol–water partition coefficient (Wildman–Crippen LogP) is 2.39. The van der Waals surface area contributed by atoms with Gasteiger partial charge in [-0.25, -0.2) is 0 Å². The maximum absolute atomic E-state index is 3.19. The molecule has 0 spiro atoms. The van der Waals surface area contributed by atoms with Gasteiger partial charge in [-0.3, -0.25) is 0 Å². The van der Waals surface area contributed by atoms with Gasteiger partial charge in [0.2, 0.25) is 0 Å². The molecule has 0 aliphatic carbocycles. The van der Waals surface area contributed by atoms with Gasteiger partial charge in [-0.05, 0) is 35.2 Å². The van der Waals surface area contributed by atoms with E-state index in [-0.39, 0.29) is 0 Å². The second kappa shape index (κ2) is 18.0. The number of likely N-dealkylation sites (N-methyl/N-ethyl adjacent to an activating group) is 1. The molecule has 0 saturated carbocycles. The van der Waals surface area contributed by atoms with Crippen molar-refractivity contribution in [2.45, 2.75) is 0 Å². The topological polar surface area (TPSA) is 21.8 Å². The van der Waals surface area contributed by atoms with Crippen LogP contribution in [0.2, 0.25) is 0 Å². The molecule has 1 N–H and O–H groups in total. The van der Waals surface area contributed by atoms with Gasteiger partial charge in [0.15, 0.2) is 0 Å². The summed E-state index contributed by atoms with van der Waals surface area (Å²) in [5.74, 6) is 4.86. The highest BCUT2D eigenvalue weighted by Crippen LogP contribution is 2.22. The van der Waals surface area contributed by atoms with Gasteiger partial charge in [0, 0.05) is 62.3 Å². The molecule has 0 amide bonds. The van der Waals surface area contributed by atoms with Gasteiger partial charge in [-0.2, -0.15) is 0 Å². The number of nitrogens with one attached hydrogen (secondary N) is 1. The largest absolute Gasteiger partial charge is 0.319 e. The maximum Gasteiger partial charge on any atom is 0.0165 e. The minimum absolute atomic E-state index is 1.10. The van der Waals surface area contributed by atoms with Crippen LogP contribution in [0.25, 0.3) is 0 Å². The van der Waals surface area contributed by atoms with Crippen molar-refractivity contribution >= 4 is 43.2 Å². The summed E-state index contributed by atoms with van der Waals surface area (Å²) in [5.41, 5.74) is 0. The van der Waals surface area contributed by atoms with Crippen LogP contribution in [0.4, 0.5) is 0 Å². The highest BCUT2D eigenvalue weighted by Gasteiger charge is 2.06. The SMILES string of the molecule is CNCCSSCCN(CCSSCCN(C)C)CCN(C)C. The van der Waals surface area contributed by atoms with Gasteiger partial charge in [0.05, 0.1) is 0 Å². The van der Waals surface area contributed by atoms with Gasteiger partial charge in [-0.15, -0.1) is 0 Å². The fourth-order valence-electron chi connectivity index (χ4n) is 1.61. The van der Waals surface area contributed by atoms with E-state index in [0.29, 0.717) is 0 Å². The molecule has 23 heavy (non-hydrogen) atoms. The molecule has 0 rings (SSSR count). The smallest absolute Gasteiger partial charge is 0.0165 e. The van der Waals surface area contributed by atoms with E-state index < -0.39 is 0 Å². The Bertz CT molecular complexity index is 246. The van der Waals surface area contributed by atoms with Gasteiger partial charge >= 0.3 is 0 Å². The van der Waals surface area contributed by atoms with E-state index >= 15 is 0 Å². The minimum atomic E-state index is 1.10. The highest BCUT2D eigenvalue weighted by atomic mass is 33.1. The first-order valence-electron chi connectivity index (χ1n) is 8.21. The average molecular weight is 401 g/mol. The summed E-state index contributed by atoms with van der Waals surface area (Å²) in [5, 5.41) is 3.19. The van der Waals surface area contributed by atoms with Crippen molar-refractivity contribution in [2.24, 2.45) is 0 Å². The first-order valence-corrected chi connectivity index (χ1v) is 13.2. The van der Waals surface area contributed by atoms with E-state index in [4.69, 9.17) is 0 Å². The number of rotatable bonds is 17. The van der Waals surface area contributed by atoms with E-state index in [9.17, 15) is 0 Å². The second-order valence-electron chi connectivity index (χ2n) is 5.84. The minimum Gasteiger partial charge on any atom is -0.319 e. The third-order valence-corrected chi connectivity index (χ3v) is 7.82. The first kappa shape index (κ1) is 24.2. The van der Waals surface area contributed by atoms with Gasteiger partial charge < -0.3 is 20.0 Å². The summed E-state index contributed by atoms with van der Waals surface area (Å²) in [6.07, 6.45) is 0. The lowest BCUT2D eigenvalue weighted by molar-refractivity contribution is 0.265. The molecule has 0 aromatic heterocycles. The van der Waals surface area contributed by atoms with Crippen LogP contribution in [0.15, 0.2) is 0 Å². The zero-order valence-electron chi connectivity index (χ0n) is 15.5. The van der Waals surface area contributed by atoms with Crippen molar-refractivity contribution < 1.29 is 0 Å². The molecule has 0 atom stereocenters. The molecule has 8 heteroatoms. The maximum atomic E-state index is 3.19. The van der Waals surface area contributed by atoms with E-state index in [2.05, 4.69) is 48.2 Å². The molecule has 0 bridgehead atoms. The Hall–Kier alpha value is 1.24. The second-order valence-corrected chi connectivity index (χ2v) is 11.2. The third kappa shape index (κ3) is 19.4. The van der Waals surface area contributed by atoms with Crippen LogP contribution in [-0.2, 0) is 0 Å². The molecule has 0 aliphatic heterocycles. The zero-order valence-corrected chi connectivity index (χ0v) is 18.8. The van der Waals surface area contributed by atoms with Gasteiger partial charge in [-0.1, -0.05) is 43.2 Å². The molecular weight excluding hydrogens is 364 g/mol. The molecule has 0 fully saturated rings. The third-order valence-electron chi connectivity index (χ3n) is 3.07. The lowest BCUT2D eigenvalue weighted by Gasteiger charge is -2.23. The quantitative estimate of drug-likeness (QED) is 0.293. The molecule has 0 heterocycles. The summed E-state index contributed by atoms with van der Waals surface area (Å²) in [6, 6.07) is 0. The highest BCUT2D eigenvalue weighted by molar-refractivity contribution is 8.77. The van der Waals surface area contributed by atoms with Crippen molar-refractivity contribution in [1.82, 2.24) is 20.0 Å². The predicted molar refractivity (Wildman–Crippen MR) is 117 cm³/mol. The van der Waals surface area contributed by atoms with Crippen LogP contribution in [-0.4, -0.2) is 112 Å². The van der Waals surface area contributed by atoms with Crippen LogP contribution < -0.4 is 5.32 Å². The number of hydrogen-bond donors (Lipinski definition) is 1. The molecule has 0 unspecified atom stereocenters. The summed E-state index contributed by atoms with van der Waals surface area (Å²) in [6.45, 7) is 7.00. The number of hydrogen-bond acceptors (Lipinski definition) is 8. The van der Waals surface area contributed by atoms with Gasteiger partial charge in [0.1, 0.15) is 0 Å². The van der Waals surface area contributed by atoms with Crippen LogP contribution >= 0.6 is 43.2 Å². The molecule has 0 saturated heterocycles. The standard InChI is InChI=1S/C15H36N4S4/c1-16-6-12-20-22-14-10-19(8-7-17(2)3)11-15-23-21-13-9-18(4)5/h16H,6-15H2,1-5H3. The Morgan fingerprint density at radius 1 is 0.609 bits per heavy atom. The fourth-order valence-corrected chi connectivity index (χ4v) is 5.81. The molecular formula is C15H36N4S4. The molecule has 4 nitrogen and oxygen atoms in total. The Labute approximate surface area is 160 Å². The van der Waals surface area contributed by atoms with Crippen molar-refractivity contribution in [3.63, 3.8) is 0 Å². The lowest BCUT2D eigenvalue weighted by atomic mass is 10.4. The van der Waals surface area contributed by atoms with Crippen molar-refractivity contribution in [3.05, 3.63) is 0 Å². The van der Waals surface area contributed by atoms with E-state index in [1.165, 1.54) is 49.2 Å². The van der Waals surface area contributed by atoms with Crippen molar-refractivity contribution in [1.29, 1.82) is 0 Å².